The van der Waals surface area contributed by atoms with Crippen molar-refractivity contribution < 1.29 is 9.18 Å². The summed E-state index contributed by atoms with van der Waals surface area (Å²) in [6.45, 7) is 5.64. The summed E-state index contributed by atoms with van der Waals surface area (Å²) in [7, 11) is 0. The van der Waals surface area contributed by atoms with E-state index in [0.717, 1.165) is 5.56 Å². The molecule has 0 saturated carbocycles. The number of amides is 1. The van der Waals surface area contributed by atoms with Gasteiger partial charge in [0.2, 0.25) is 0 Å². The van der Waals surface area contributed by atoms with E-state index in [1.54, 1.807) is 30.9 Å². The molecule has 1 aliphatic heterocycles. The molecule has 1 amide bonds. The fraction of sp³-hybridized carbons (Fsp3) is 0.263. The third-order valence-electron chi connectivity index (χ3n) is 4.44. The van der Waals surface area contributed by atoms with E-state index in [1.165, 1.54) is 11.0 Å². The number of carbonyl (C=O) groups excluding carboxylic acids is 1. The van der Waals surface area contributed by atoms with Gasteiger partial charge >= 0.3 is 0 Å². The summed E-state index contributed by atoms with van der Waals surface area (Å²) in [4.78, 5) is 16.2. The Morgan fingerprint density at radius 2 is 1.88 bits per heavy atom. The van der Waals surface area contributed by atoms with Crippen molar-refractivity contribution in [2.45, 2.75) is 32.9 Å². The molecular formula is C19H20FN3OS. The fourth-order valence-electron chi connectivity index (χ4n) is 3.06. The number of rotatable bonds is 3. The highest BCUT2D eigenvalue weighted by atomic mass is 32.1. The molecule has 0 radical (unpaired) electrons. The van der Waals surface area contributed by atoms with Crippen LogP contribution in [0.1, 0.15) is 25.0 Å². The van der Waals surface area contributed by atoms with Crippen molar-refractivity contribution in [3.05, 3.63) is 59.4 Å². The van der Waals surface area contributed by atoms with Gasteiger partial charge in [0.15, 0.2) is 5.11 Å². The average Bonchev–Trinajstić information content (AvgIpc) is 2.72. The first-order chi connectivity index (χ1) is 11.8. The van der Waals surface area contributed by atoms with Crippen molar-refractivity contribution >= 4 is 34.6 Å². The quantitative estimate of drug-likeness (QED) is 0.854. The number of nitrogens with zero attached hydrogens (tertiary/aromatic N) is 2. The molecule has 0 unspecified atom stereocenters. The molecule has 2 aromatic rings. The SMILES string of the molecule is Cc1cccc(N2C(=O)C(C)(C)N(c3ccc(CN)c(F)c3)C2=S)c1. The van der Waals surface area contributed by atoms with Gasteiger partial charge in [-0.15, -0.1) is 0 Å². The standard InChI is InChI=1S/C19H20FN3OS/c1-12-5-4-6-14(9-12)22-17(24)19(2,3)23(18(22)25)15-8-7-13(11-21)16(20)10-15/h4-10H,11,21H2,1-3H3. The molecule has 6 heteroatoms. The molecule has 2 N–H and O–H groups in total. The third kappa shape index (κ3) is 2.81. The Kier molecular flexibility index (Phi) is 4.34. The first-order valence-electron chi connectivity index (χ1n) is 8.01. The first-order valence-corrected chi connectivity index (χ1v) is 8.42. The third-order valence-corrected chi connectivity index (χ3v) is 4.81. The highest BCUT2D eigenvalue weighted by molar-refractivity contribution is 7.81. The van der Waals surface area contributed by atoms with Crippen molar-refractivity contribution in [3.63, 3.8) is 0 Å². The second-order valence-electron chi connectivity index (χ2n) is 6.64. The number of carbonyl (C=O) groups is 1. The van der Waals surface area contributed by atoms with Crippen molar-refractivity contribution in [1.82, 2.24) is 0 Å². The van der Waals surface area contributed by atoms with E-state index in [2.05, 4.69) is 0 Å². The van der Waals surface area contributed by atoms with Crippen LogP contribution in [0.2, 0.25) is 0 Å². The van der Waals surface area contributed by atoms with Crippen LogP contribution in [0.15, 0.2) is 42.5 Å². The highest BCUT2D eigenvalue weighted by Gasteiger charge is 2.50. The number of halogens is 1. The molecule has 1 heterocycles. The number of aryl methyl sites for hydroxylation is 1. The number of anilines is 2. The van der Waals surface area contributed by atoms with Crippen LogP contribution in [0.4, 0.5) is 15.8 Å². The number of benzene rings is 2. The van der Waals surface area contributed by atoms with Gasteiger partial charge in [-0.05, 0) is 62.8 Å². The van der Waals surface area contributed by atoms with E-state index in [0.29, 0.717) is 22.1 Å². The van der Waals surface area contributed by atoms with Crippen molar-refractivity contribution in [3.8, 4) is 0 Å². The van der Waals surface area contributed by atoms with Gasteiger partial charge in [-0.25, -0.2) is 4.39 Å². The Hall–Kier alpha value is -2.31. The molecule has 0 aliphatic carbocycles. The van der Waals surface area contributed by atoms with E-state index in [4.69, 9.17) is 18.0 Å². The van der Waals surface area contributed by atoms with E-state index in [-0.39, 0.29) is 12.5 Å². The molecule has 25 heavy (non-hydrogen) atoms. The fourth-order valence-corrected chi connectivity index (χ4v) is 3.59. The monoisotopic (exact) mass is 357 g/mol. The van der Waals surface area contributed by atoms with Crippen LogP contribution in [0.25, 0.3) is 0 Å². The average molecular weight is 357 g/mol. The minimum absolute atomic E-state index is 0.119. The zero-order chi connectivity index (χ0) is 18.4. The Morgan fingerprint density at radius 3 is 2.48 bits per heavy atom. The Balaban J connectivity index is 2.07. The summed E-state index contributed by atoms with van der Waals surface area (Å²) in [6.07, 6.45) is 0. The Labute approximate surface area is 152 Å². The van der Waals surface area contributed by atoms with Gasteiger partial charge in [0.25, 0.3) is 5.91 Å². The van der Waals surface area contributed by atoms with E-state index < -0.39 is 11.4 Å². The van der Waals surface area contributed by atoms with Gasteiger partial charge < -0.3 is 10.6 Å². The van der Waals surface area contributed by atoms with Crippen LogP contribution in [0.3, 0.4) is 0 Å². The summed E-state index contributed by atoms with van der Waals surface area (Å²) < 4.78 is 14.2. The molecule has 1 saturated heterocycles. The summed E-state index contributed by atoms with van der Waals surface area (Å²) in [5, 5.41) is 0.334. The molecular weight excluding hydrogens is 337 g/mol. The van der Waals surface area contributed by atoms with Crippen LogP contribution < -0.4 is 15.5 Å². The van der Waals surface area contributed by atoms with Gasteiger partial charge in [-0.3, -0.25) is 9.69 Å². The molecule has 0 spiro atoms. The van der Waals surface area contributed by atoms with Crippen molar-refractivity contribution in [2.24, 2.45) is 5.73 Å². The predicted octanol–water partition coefficient (Wildman–Crippen LogP) is 3.51. The van der Waals surface area contributed by atoms with Crippen LogP contribution in [0, 0.1) is 12.7 Å². The zero-order valence-electron chi connectivity index (χ0n) is 14.4. The normalized spacial score (nSPS) is 16.7. The smallest absolute Gasteiger partial charge is 0.259 e. The minimum Gasteiger partial charge on any atom is -0.326 e. The molecule has 1 aliphatic rings. The number of nitrogens with two attached hydrogens (primary N) is 1. The lowest BCUT2D eigenvalue weighted by Crippen LogP contribution is -2.44. The second-order valence-corrected chi connectivity index (χ2v) is 7.00. The van der Waals surface area contributed by atoms with Crippen LogP contribution in [-0.4, -0.2) is 16.6 Å². The largest absolute Gasteiger partial charge is 0.326 e. The van der Waals surface area contributed by atoms with Gasteiger partial charge in [-0.1, -0.05) is 18.2 Å². The molecule has 3 rings (SSSR count). The molecule has 2 aromatic carbocycles. The Bertz CT molecular complexity index is 865. The minimum atomic E-state index is -0.919. The van der Waals surface area contributed by atoms with Crippen LogP contribution in [0.5, 0.6) is 0 Å². The second kappa shape index (κ2) is 6.20. The highest BCUT2D eigenvalue weighted by Crippen LogP contribution is 2.36. The summed E-state index contributed by atoms with van der Waals surface area (Å²) >= 11 is 5.58. The summed E-state index contributed by atoms with van der Waals surface area (Å²) in [6, 6.07) is 12.3. The van der Waals surface area contributed by atoms with Gasteiger partial charge in [0.05, 0.1) is 5.69 Å². The maximum atomic E-state index is 14.2. The maximum Gasteiger partial charge on any atom is 0.259 e. The van der Waals surface area contributed by atoms with E-state index >= 15 is 0 Å². The van der Waals surface area contributed by atoms with E-state index in [1.807, 2.05) is 31.2 Å². The van der Waals surface area contributed by atoms with Gasteiger partial charge in [0, 0.05) is 17.8 Å². The molecule has 4 nitrogen and oxygen atoms in total. The lowest BCUT2D eigenvalue weighted by atomic mass is 10.0. The zero-order valence-corrected chi connectivity index (χ0v) is 15.2. The summed E-state index contributed by atoms with van der Waals surface area (Å²) in [5.41, 5.74) is 7.31. The molecule has 0 bridgehead atoms. The predicted molar refractivity (Wildman–Crippen MR) is 102 cm³/mol. The van der Waals surface area contributed by atoms with Gasteiger partial charge in [0.1, 0.15) is 11.4 Å². The molecule has 0 atom stereocenters. The lowest BCUT2D eigenvalue weighted by molar-refractivity contribution is -0.120. The number of hydrogen-bond donors (Lipinski definition) is 1. The number of hydrogen-bond acceptors (Lipinski definition) is 3. The number of thiocarbonyl (C=S) groups is 1. The maximum absolute atomic E-state index is 14.2. The molecule has 130 valence electrons. The topological polar surface area (TPSA) is 49.6 Å². The van der Waals surface area contributed by atoms with Crippen molar-refractivity contribution in [1.29, 1.82) is 0 Å². The molecule has 0 aromatic heterocycles. The van der Waals surface area contributed by atoms with Gasteiger partial charge in [-0.2, -0.15) is 0 Å². The lowest BCUT2D eigenvalue weighted by Gasteiger charge is -2.29. The summed E-state index contributed by atoms with van der Waals surface area (Å²) in [5.74, 6) is -0.550. The van der Waals surface area contributed by atoms with Crippen molar-refractivity contribution in [2.75, 3.05) is 9.80 Å². The van der Waals surface area contributed by atoms with Crippen LogP contribution in [-0.2, 0) is 11.3 Å². The van der Waals surface area contributed by atoms with Crippen LogP contribution >= 0.6 is 12.2 Å². The first kappa shape index (κ1) is 17.5. The Morgan fingerprint density at radius 1 is 1.16 bits per heavy atom. The molecule has 1 fully saturated rings. The van der Waals surface area contributed by atoms with E-state index in [9.17, 15) is 9.18 Å².